The molecule has 1 aliphatic heterocycles. The lowest BCUT2D eigenvalue weighted by Gasteiger charge is -2.30. The van der Waals surface area contributed by atoms with Gasteiger partial charge < -0.3 is 10.2 Å². The molecule has 2 heterocycles. The second kappa shape index (κ2) is 4.52. The van der Waals surface area contributed by atoms with Gasteiger partial charge in [0.25, 0.3) is 0 Å². The van der Waals surface area contributed by atoms with Crippen LogP contribution in [0, 0.1) is 0 Å². The molecule has 1 aromatic heterocycles. The molecule has 0 spiro atoms. The van der Waals surface area contributed by atoms with Gasteiger partial charge in [0, 0.05) is 25.7 Å². The van der Waals surface area contributed by atoms with E-state index in [-0.39, 0.29) is 11.9 Å². The van der Waals surface area contributed by atoms with Gasteiger partial charge in [-0.05, 0) is 6.92 Å². The molecule has 96 valence electrons. The van der Waals surface area contributed by atoms with Crippen molar-refractivity contribution in [2.75, 3.05) is 24.5 Å². The Kier molecular flexibility index (Phi) is 3.23. The first-order valence-corrected chi connectivity index (χ1v) is 5.40. The Labute approximate surface area is 96.4 Å². The summed E-state index contributed by atoms with van der Waals surface area (Å²) in [5.41, 5.74) is 0. The molecule has 0 radical (unpaired) electrons. The number of halogens is 3. The maximum Gasteiger partial charge on any atom is 0.396 e. The Morgan fingerprint density at radius 1 is 1.47 bits per heavy atom. The molecule has 2 rings (SSSR count). The maximum absolute atomic E-state index is 12.1. The Balaban J connectivity index is 2.02. The summed E-state index contributed by atoms with van der Waals surface area (Å²) in [4.78, 5) is 5.74. The fraction of sp³-hybridized carbons (Fsp3) is 0.778. The first-order valence-electron chi connectivity index (χ1n) is 5.40. The molecule has 1 aromatic rings. The van der Waals surface area contributed by atoms with E-state index in [4.69, 9.17) is 0 Å². The van der Waals surface area contributed by atoms with Crippen molar-refractivity contribution in [1.82, 2.24) is 20.5 Å². The standard InChI is InChI=1S/C9H14F3N5/c1-6-5-17(3-2-13-6)8-14-7(15-16-8)4-9(10,11)12/h6,13H,2-5H2,1H3,(H,14,15,16)/t6-/m0/s1. The van der Waals surface area contributed by atoms with Crippen molar-refractivity contribution in [2.24, 2.45) is 0 Å². The highest BCUT2D eigenvalue weighted by molar-refractivity contribution is 5.30. The first-order chi connectivity index (χ1) is 7.94. The van der Waals surface area contributed by atoms with Crippen molar-refractivity contribution >= 4 is 5.95 Å². The minimum atomic E-state index is -4.26. The third-order valence-electron chi connectivity index (χ3n) is 2.54. The number of rotatable bonds is 2. The molecule has 0 aromatic carbocycles. The van der Waals surface area contributed by atoms with Crippen LogP contribution < -0.4 is 10.2 Å². The summed E-state index contributed by atoms with van der Waals surface area (Å²) in [5.74, 6) is 0.205. The number of hydrogen-bond donors (Lipinski definition) is 2. The number of aromatic nitrogens is 3. The lowest BCUT2D eigenvalue weighted by atomic mass is 10.2. The summed E-state index contributed by atoms with van der Waals surface area (Å²) >= 11 is 0. The second-order valence-corrected chi connectivity index (χ2v) is 4.18. The quantitative estimate of drug-likeness (QED) is 0.810. The van der Waals surface area contributed by atoms with Crippen LogP contribution in [0.15, 0.2) is 0 Å². The molecule has 1 aliphatic rings. The predicted molar refractivity (Wildman–Crippen MR) is 55.8 cm³/mol. The molecule has 1 saturated heterocycles. The van der Waals surface area contributed by atoms with Gasteiger partial charge in [0.15, 0.2) is 0 Å². The molecule has 5 nitrogen and oxygen atoms in total. The van der Waals surface area contributed by atoms with Crippen molar-refractivity contribution in [3.05, 3.63) is 5.82 Å². The van der Waals surface area contributed by atoms with Gasteiger partial charge in [0.05, 0.1) is 0 Å². The summed E-state index contributed by atoms with van der Waals surface area (Å²) < 4.78 is 36.4. The zero-order valence-electron chi connectivity index (χ0n) is 9.38. The van der Waals surface area contributed by atoms with E-state index in [1.165, 1.54) is 0 Å². The number of alkyl halides is 3. The molecule has 0 bridgehead atoms. The van der Waals surface area contributed by atoms with Crippen molar-refractivity contribution in [2.45, 2.75) is 25.6 Å². The molecule has 1 fully saturated rings. The molecule has 8 heteroatoms. The second-order valence-electron chi connectivity index (χ2n) is 4.18. The van der Waals surface area contributed by atoms with Gasteiger partial charge in [-0.3, -0.25) is 5.10 Å². The maximum atomic E-state index is 12.1. The van der Waals surface area contributed by atoms with Gasteiger partial charge in [-0.15, -0.1) is 5.10 Å². The van der Waals surface area contributed by atoms with Crippen LogP contribution in [0.5, 0.6) is 0 Å². The van der Waals surface area contributed by atoms with Crippen LogP contribution in [0.4, 0.5) is 19.1 Å². The summed E-state index contributed by atoms with van der Waals surface area (Å²) in [6, 6.07) is 0.285. The Morgan fingerprint density at radius 2 is 2.24 bits per heavy atom. The average molecular weight is 249 g/mol. The minimum absolute atomic E-state index is 0.140. The van der Waals surface area contributed by atoms with E-state index in [0.29, 0.717) is 19.0 Å². The lowest BCUT2D eigenvalue weighted by Crippen LogP contribution is -2.49. The zero-order valence-corrected chi connectivity index (χ0v) is 9.38. The van der Waals surface area contributed by atoms with Crippen LogP contribution in [-0.2, 0) is 6.42 Å². The molecule has 1 atom stereocenters. The van der Waals surface area contributed by atoms with E-state index >= 15 is 0 Å². The van der Waals surface area contributed by atoms with E-state index in [1.807, 2.05) is 11.8 Å². The topological polar surface area (TPSA) is 56.8 Å². The largest absolute Gasteiger partial charge is 0.396 e. The third kappa shape index (κ3) is 3.32. The minimum Gasteiger partial charge on any atom is -0.337 e. The van der Waals surface area contributed by atoms with Gasteiger partial charge in [0.1, 0.15) is 12.2 Å². The smallest absolute Gasteiger partial charge is 0.337 e. The van der Waals surface area contributed by atoms with Gasteiger partial charge in [-0.2, -0.15) is 18.2 Å². The van der Waals surface area contributed by atoms with Crippen LogP contribution in [-0.4, -0.2) is 47.0 Å². The van der Waals surface area contributed by atoms with Crippen molar-refractivity contribution in [3.63, 3.8) is 0 Å². The monoisotopic (exact) mass is 249 g/mol. The van der Waals surface area contributed by atoms with Crippen LogP contribution >= 0.6 is 0 Å². The normalized spacial score (nSPS) is 21.9. The van der Waals surface area contributed by atoms with E-state index in [2.05, 4.69) is 20.5 Å². The zero-order chi connectivity index (χ0) is 12.5. The van der Waals surface area contributed by atoms with Crippen LogP contribution in [0.1, 0.15) is 12.7 Å². The molecule has 0 unspecified atom stereocenters. The lowest BCUT2D eigenvalue weighted by molar-refractivity contribution is -0.128. The van der Waals surface area contributed by atoms with Crippen LogP contribution in [0.2, 0.25) is 0 Å². The predicted octanol–water partition coefficient (Wildman–Crippen LogP) is 0.708. The number of nitrogens with one attached hydrogen (secondary N) is 2. The fourth-order valence-electron chi connectivity index (χ4n) is 1.81. The molecule has 0 aliphatic carbocycles. The number of hydrogen-bond acceptors (Lipinski definition) is 4. The Bertz CT molecular complexity index is 375. The number of H-pyrrole nitrogens is 1. The SMILES string of the molecule is C[C@H]1CN(c2n[nH]c(CC(F)(F)F)n2)CCN1. The average Bonchev–Trinajstić information content (AvgIpc) is 2.63. The van der Waals surface area contributed by atoms with Gasteiger partial charge in [0.2, 0.25) is 5.95 Å². The van der Waals surface area contributed by atoms with Gasteiger partial charge >= 0.3 is 6.18 Å². The highest BCUT2D eigenvalue weighted by Crippen LogP contribution is 2.20. The van der Waals surface area contributed by atoms with E-state index < -0.39 is 12.6 Å². The Morgan fingerprint density at radius 3 is 2.88 bits per heavy atom. The van der Waals surface area contributed by atoms with Crippen molar-refractivity contribution < 1.29 is 13.2 Å². The van der Waals surface area contributed by atoms with Crippen LogP contribution in [0.25, 0.3) is 0 Å². The summed E-state index contributed by atoms with van der Waals surface area (Å²) in [6.07, 6.45) is -5.32. The first kappa shape index (κ1) is 12.2. The van der Waals surface area contributed by atoms with Gasteiger partial charge in [-0.25, -0.2) is 0 Å². The molecular formula is C9H14F3N5. The molecule has 2 N–H and O–H groups in total. The number of nitrogens with zero attached hydrogens (tertiary/aromatic N) is 3. The Hall–Kier alpha value is -1.31. The fourth-order valence-corrected chi connectivity index (χ4v) is 1.81. The van der Waals surface area contributed by atoms with Crippen molar-refractivity contribution in [3.8, 4) is 0 Å². The highest BCUT2D eigenvalue weighted by atomic mass is 19.4. The molecular weight excluding hydrogens is 235 g/mol. The summed E-state index contributed by atoms with van der Waals surface area (Å²) in [5, 5.41) is 9.39. The highest BCUT2D eigenvalue weighted by Gasteiger charge is 2.30. The molecule has 0 amide bonds. The van der Waals surface area contributed by atoms with Crippen LogP contribution in [0.3, 0.4) is 0 Å². The third-order valence-corrected chi connectivity index (χ3v) is 2.54. The number of anilines is 1. The van der Waals surface area contributed by atoms with E-state index in [0.717, 1.165) is 6.54 Å². The van der Waals surface area contributed by atoms with E-state index in [9.17, 15) is 13.2 Å². The summed E-state index contributed by atoms with van der Waals surface area (Å²) in [7, 11) is 0. The number of aromatic amines is 1. The molecule has 17 heavy (non-hydrogen) atoms. The van der Waals surface area contributed by atoms with Crippen molar-refractivity contribution in [1.29, 1.82) is 0 Å². The number of piperazine rings is 1. The van der Waals surface area contributed by atoms with Gasteiger partial charge in [-0.1, -0.05) is 0 Å². The van der Waals surface area contributed by atoms with E-state index in [1.54, 1.807) is 0 Å². The molecule has 0 saturated carbocycles. The summed E-state index contributed by atoms with van der Waals surface area (Å²) in [6.45, 7) is 4.19.